The molecule has 2 unspecified atom stereocenters. The van der Waals surface area contributed by atoms with Crippen molar-refractivity contribution in [2.45, 2.75) is 43.9 Å². The third-order valence-electron chi connectivity index (χ3n) is 4.22. The van der Waals surface area contributed by atoms with E-state index in [1.165, 1.54) is 0 Å². The van der Waals surface area contributed by atoms with E-state index in [9.17, 15) is 9.90 Å². The fraction of sp³-hybridized carbons (Fsp3) is 0.571. The molecule has 2 aliphatic rings. The number of carbonyl (C=O) groups is 1. The van der Waals surface area contributed by atoms with Crippen LogP contribution in [0.15, 0.2) is 18.3 Å². The van der Waals surface area contributed by atoms with Crippen molar-refractivity contribution in [3.05, 3.63) is 23.9 Å². The number of aromatic nitrogens is 1. The SMILES string of the molecule is CNc1ncccc1C(=O)N1C2CCC1CC(O)C2. The molecule has 0 aliphatic carbocycles. The zero-order chi connectivity index (χ0) is 13.4. The van der Waals surface area contributed by atoms with E-state index < -0.39 is 0 Å². The lowest BCUT2D eigenvalue weighted by Crippen LogP contribution is -2.48. The summed E-state index contributed by atoms with van der Waals surface area (Å²) in [5.74, 6) is 0.662. The Labute approximate surface area is 112 Å². The van der Waals surface area contributed by atoms with Gasteiger partial charge in [0.25, 0.3) is 5.91 Å². The standard InChI is InChI=1S/C14H19N3O2/c1-15-13-12(3-2-6-16-13)14(19)17-9-4-5-10(17)8-11(18)7-9/h2-3,6,9-11,18H,4-5,7-8H2,1H3,(H,15,16). The van der Waals surface area contributed by atoms with Crippen molar-refractivity contribution in [3.63, 3.8) is 0 Å². The second-order valence-electron chi connectivity index (χ2n) is 5.37. The maximum atomic E-state index is 12.7. The first-order chi connectivity index (χ1) is 9.20. The summed E-state index contributed by atoms with van der Waals surface area (Å²) in [5, 5.41) is 12.8. The molecule has 3 rings (SSSR count). The molecule has 2 fully saturated rings. The van der Waals surface area contributed by atoms with Crippen molar-refractivity contribution in [3.8, 4) is 0 Å². The average Bonchev–Trinajstić information content (AvgIpc) is 2.70. The van der Waals surface area contributed by atoms with Crippen LogP contribution in [0.1, 0.15) is 36.0 Å². The summed E-state index contributed by atoms with van der Waals surface area (Å²) < 4.78 is 0. The molecular weight excluding hydrogens is 242 g/mol. The van der Waals surface area contributed by atoms with Gasteiger partial charge >= 0.3 is 0 Å². The molecule has 1 aromatic rings. The molecule has 1 aromatic heterocycles. The number of fused-ring (bicyclic) bond motifs is 2. The smallest absolute Gasteiger partial charge is 0.258 e. The lowest BCUT2D eigenvalue weighted by Gasteiger charge is -2.37. The van der Waals surface area contributed by atoms with Gasteiger partial charge in [0.1, 0.15) is 5.82 Å². The van der Waals surface area contributed by atoms with E-state index in [1.807, 2.05) is 11.0 Å². The Balaban J connectivity index is 1.89. The highest BCUT2D eigenvalue weighted by atomic mass is 16.3. The van der Waals surface area contributed by atoms with Crippen LogP contribution in [0.3, 0.4) is 0 Å². The lowest BCUT2D eigenvalue weighted by atomic mass is 9.99. The minimum atomic E-state index is -0.251. The number of aliphatic hydroxyl groups is 1. The summed E-state index contributed by atoms with van der Waals surface area (Å²) in [6.45, 7) is 0. The third-order valence-corrected chi connectivity index (χ3v) is 4.22. The van der Waals surface area contributed by atoms with Gasteiger partial charge in [-0.05, 0) is 37.8 Å². The number of amides is 1. The van der Waals surface area contributed by atoms with Crippen LogP contribution in [-0.4, -0.2) is 46.1 Å². The van der Waals surface area contributed by atoms with E-state index in [4.69, 9.17) is 0 Å². The highest BCUT2D eigenvalue weighted by Crippen LogP contribution is 2.37. The molecule has 0 radical (unpaired) electrons. The highest BCUT2D eigenvalue weighted by Gasteiger charge is 2.43. The number of nitrogens with one attached hydrogen (secondary N) is 1. The van der Waals surface area contributed by atoms with Crippen molar-refractivity contribution in [2.75, 3.05) is 12.4 Å². The van der Waals surface area contributed by atoms with Gasteiger partial charge in [-0.25, -0.2) is 4.98 Å². The first-order valence-corrected chi connectivity index (χ1v) is 6.84. The quantitative estimate of drug-likeness (QED) is 0.841. The number of nitrogens with zero attached hydrogens (tertiary/aromatic N) is 2. The highest BCUT2D eigenvalue weighted by molar-refractivity contribution is 5.99. The van der Waals surface area contributed by atoms with E-state index in [2.05, 4.69) is 10.3 Å². The first kappa shape index (κ1) is 12.4. The van der Waals surface area contributed by atoms with Gasteiger partial charge in [-0.1, -0.05) is 0 Å². The predicted octanol–water partition coefficient (Wildman–Crippen LogP) is 1.25. The Morgan fingerprint density at radius 2 is 2.11 bits per heavy atom. The normalized spacial score (nSPS) is 29.4. The summed E-state index contributed by atoms with van der Waals surface area (Å²) >= 11 is 0. The van der Waals surface area contributed by atoms with E-state index >= 15 is 0 Å². The second-order valence-corrected chi connectivity index (χ2v) is 5.37. The monoisotopic (exact) mass is 261 g/mol. The summed E-state index contributed by atoms with van der Waals surface area (Å²) in [4.78, 5) is 18.9. The lowest BCUT2D eigenvalue weighted by molar-refractivity contribution is 0.0287. The first-order valence-electron chi connectivity index (χ1n) is 6.84. The van der Waals surface area contributed by atoms with E-state index in [0.29, 0.717) is 24.2 Å². The van der Waals surface area contributed by atoms with Crippen molar-refractivity contribution in [2.24, 2.45) is 0 Å². The summed E-state index contributed by atoms with van der Waals surface area (Å²) in [6.07, 6.45) is 4.84. The van der Waals surface area contributed by atoms with Crippen LogP contribution in [0, 0.1) is 0 Å². The molecule has 0 saturated carbocycles. The van der Waals surface area contributed by atoms with Gasteiger partial charge in [0.05, 0.1) is 11.7 Å². The topological polar surface area (TPSA) is 65.5 Å². The molecule has 2 bridgehead atoms. The Hall–Kier alpha value is -1.62. The summed E-state index contributed by atoms with van der Waals surface area (Å²) in [5.41, 5.74) is 0.623. The van der Waals surface area contributed by atoms with Crippen molar-refractivity contribution < 1.29 is 9.90 Å². The van der Waals surface area contributed by atoms with Gasteiger partial charge in [0.2, 0.25) is 0 Å². The Kier molecular flexibility index (Phi) is 3.14. The maximum Gasteiger partial charge on any atom is 0.258 e. The molecule has 5 nitrogen and oxygen atoms in total. The minimum absolute atomic E-state index is 0.0388. The van der Waals surface area contributed by atoms with Crippen LogP contribution >= 0.6 is 0 Å². The number of anilines is 1. The van der Waals surface area contributed by atoms with Crippen LogP contribution in [0.4, 0.5) is 5.82 Å². The van der Waals surface area contributed by atoms with Crippen LogP contribution in [-0.2, 0) is 0 Å². The largest absolute Gasteiger partial charge is 0.393 e. The van der Waals surface area contributed by atoms with Crippen LogP contribution < -0.4 is 5.32 Å². The zero-order valence-corrected chi connectivity index (χ0v) is 11.0. The predicted molar refractivity (Wildman–Crippen MR) is 72.0 cm³/mol. The van der Waals surface area contributed by atoms with Crippen LogP contribution in [0.2, 0.25) is 0 Å². The Morgan fingerprint density at radius 3 is 2.74 bits per heavy atom. The van der Waals surface area contributed by atoms with Gasteiger partial charge in [0, 0.05) is 25.3 Å². The molecular formula is C14H19N3O2. The number of carbonyl (C=O) groups excluding carboxylic acids is 1. The van der Waals surface area contributed by atoms with Crippen LogP contribution in [0.25, 0.3) is 0 Å². The van der Waals surface area contributed by atoms with Crippen LogP contribution in [0.5, 0.6) is 0 Å². The molecule has 2 atom stereocenters. The fourth-order valence-electron chi connectivity index (χ4n) is 3.40. The minimum Gasteiger partial charge on any atom is -0.393 e. The number of hydrogen-bond acceptors (Lipinski definition) is 4. The molecule has 1 amide bonds. The second kappa shape index (κ2) is 4.81. The van der Waals surface area contributed by atoms with Crippen molar-refractivity contribution in [1.82, 2.24) is 9.88 Å². The Morgan fingerprint density at radius 1 is 1.42 bits per heavy atom. The Bertz CT molecular complexity index is 477. The molecule has 5 heteroatoms. The molecule has 0 aromatic carbocycles. The van der Waals surface area contributed by atoms with Gasteiger partial charge in [-0.15, -0.1) is 0 Å². The number of piperidine rings is 1. The van der Waals surface area contributed by atoms with E-state index in [0.717, 1.165) is 12.8 Å². The molecule has 3 heterocycles. The third kappa shape index (κ3) is 2.08. The van der Waals surface area contributed by atoms with Gasteiger partial charge in [-0.2, -0.15) is 0 Å². The molecule has 102 valence electrons. The average molecular weight is 261 g/mol. The maximum absolute atomic E-state index is 12.7. The van der Waals surface area contributed by atoms with Crippen molar-refractivity contribution in [1.29, 1.82) is 0 Å². The molecule has 2 aliphatic heterocycles. The summed E-state index contributed by atoms with van der Waals surface area (Å²) in [6, 6.07) is 3.97. The number of pyridine rings is 1. The summed E-state index contributed by atoms with van der Waals surface area (Å²) in [7, 11) is 1.77. The molecule has 19 heavy (non-hydrogen) atoms. The van der Waals surface area contributed by atoms with E-state index in [-0.39, 0.29) is 24.1 Å². The number of rotatable bonds is 2. The van der Waals surface area contributed by atoms with Crippen molar-refractivity contribution >= 4 is 11.7 Å². The zero-order valence-electron chi connectivity index (χ0n) is 11.0. The van der Waals surface area contributed by atoms with Gasteiger partial charge in [-0.3, -0.25) is 4.79 Å². The number of aliphatic hydroxyl groups excluding tert-OH is 1. The molecule has 2 N–H and O–H groups in total. The molecule has 2 saturated heterocycles. The van der Waals surface area contributed by atoms with E-state index in [1.54, 1.807) is 19.3 Å². The van der Waals surface area contributed by atoms with Gasteiger partial charge < -0.3 is 15.3 Å². The van der Waals surface area contributed by atoms with Gasteiger partial charge in [0.15, 0.2) is 0 Å². The fourth-order valence-corrected chi connectivity index (χ4v) is 3.40. The number of hydrogen-bond donors (Lipinski definition) is 2. The molecule has 0 spiro atoms.